The highest BCUT2D eigenvalue weighted by Crippen LogP contribution is 2.41. The van der Waals surface area contributed by atoms with Crippen LogP contribution in [-0.4, -0.2) is 66.4 Å². The van der Waals surface area contributed by atoms with Crippen molar-refractivity contribution >= 4 is 34.9 Å². The fraction of sp³-hybridized carbons (Fsp3) is 0.419. The molecule has 3 aromatic rings. The number of hydrogen-bond donors (Lipinski definition) is 4. The smallest absolute Gasteiger partial charge is 0.371 e. The Balaban J connectivity index is 0.000000359. The standard InChI is InChI=1S/C26H33N5OS.C5H3N3O2/c1-25(2)9-7-18(8-10-25)21-15-19(26(3,4)31-11-13-33-14-12-31)5-6-22(21)30-24(32)23-28-17-20(16-27)29-23;6-1-3-2-7-4(8-3)5(9)10/h5-7,15,17H,8-14H2,1-4H3,(H,28,29)(H,30,32);2H,(H,7,8)(H,9,10). The number of H-pyrrole nitrogens is 2. The largest absolute Gasteiger partial charge is 0.475 e. The summed E-state index contributed by atoms with van der Waals surface area (Å²) in [5.74, 6) is 0.760. The maximum Gasteiger partial charge on any atom is 0.371 e. The van der Waals surface area contributed by atoms with E-state index in [4.69, 9.17) is 15.6 Å². The molecule has 0 atom stereocenters. The van der Waals surface area contributed by atoms with Gasteiger partial charge in [-0.25, -0.2) is 14.8 Å². The normalized spacial score (nSPS) is 16.6. The minimum atomic E-state index is -1.17. The van der Waals surface area contributed by atoms with Crippen molar-refractivity contribution in [3.63, 3.8) is 0 Å². The molecule has 0 spiro atoms. The van der Waals surface area contributed by atoms with Crippen molar-refractivity contribution in [2.75, 3.05) is 29.9 Å². The number of aromatic amines is 2. The maximum atomic E-state index is 12.9. The zero-order valence-electron chi connectivity index (χ0n) is 24.8. The summed E-state index contributed by atoms with van der Waals surface area (Å²) in [4.78, 5) is 38.1. The second kappa shape index (κ2) is 13.3. The number of thioether (sulfide) groups is 1. The first-order chi connectivity index (χ1) is 20.4. The Kier molecular flexibility index (Phi) is 9.74. The number of carboxylic acid groups (broad SMARTS) is 1. The van der Waals surface area contributed by atoms with Crippen molar-refractivity contribution in [1.82, 2.24) is 24.8 Å². The number of nitriles is 2. The van der Waals surface area contributed by atoms with Gasteiger partial charge in [-0.15, -0.1) is 0 Å². The summed E-state index contributed by atoms with van der Waals surface area (Å²) in [5, 5.41) is 28.6. The van der Waals surface area contributed by atoms with Gasteiger partial charge in [0.15, 0.2) is 5.82 Å². The predicted molar refractivity (Wildman–Crippen MR) is 165 cm³/mol. The van der Waals surface area contributed by atoms with Gasteiger partial charge in [-0.3, -0.25) is 9.69 Å². The second-order valence-electron chi connectivity index (χ2n) is 11.8. The molecule has 11 nitrogen and oxygen atoms in total. The summed E-state index contributed by atoms with van der Waals surface area (Å²) < 4.78 is 0. The SMILES string of the molecule is CC1(C)CC=C(c2cc(C(C)(C)N3CCSCC3)ccc2NC(=O)c2ncc(C#N)[nH]2)CC1.N#Cc1cnc(C(=O)O)[nH]1. The van der Waals surface area contributed by atoms with Crippen molar-refractivity contribution < 1.29 is 14.7 Å². The average Bonchev–Trinajstić information content (AvgIpc) is 3.69. The van der Waals surface area contributed by atoms with E-state index >= 15 is 0 Å². The highest BCUT2D eigenvalue weighted by Gasteiger charge is 2.31. The summed E-state index contributed by atoms with van der Waals surface area (Å²) in [6, 6.07) is 10.1. The number of aromatic carboxylic acids is 1. The molecule has 4 N–H and O–H groups in total. The Hall–Kier alpha value is -4.39. The minimum Gasteiger partial charge on any atom is -0.475 e. The van der Waals surface area contributed by atoms with E-state index in [1.165, 1.54) is 35.0 Å². The number of carbonyl (C=O) groups excluding carboxylic acids is 1. The van der Waals surface area contributed by atoms with Gasteiger partial charge in [-0.1, -0.05) is 26.0 Å². The summed E-state index contributed by atoms with van der Waals surface area (Å²) >= 11 is 2.02. The molecule has 1 saturated heterocycles. The zero-order chi connectivity index (χ0) is 31.2. The molecule has 1 aliphatic heterocycles. The molecule has 224 valence electrons. The minimum absolute atomic E-state index is 0.0878. The van der Waals surface area contributed by atoms with E-state index in [2.05, 4.69) is 76.1 Å². The molecular weight excluding hydrogens is 564 g/mol. The van der Waals surface area contributed by atoms with Gasteiger partial charge in [0.05, 0.1) is 12.4 Å². The Labute approximate surface area is 255 Å². The van der Waals surface area contributed by atoms with Gasteiger partial charge in [-0.2, -0.15) is 22.3 Å². The van der Waals surface area contributed by atoms with E-state index in [-0.39, 0.29) is 34.5 Å². The summed E-state index contributed by atoms with van der Waals surface area (Å²) in [7, 11) is 0. The van der Waals surface area contributed by atoms with E-state index < -0.39 is 5.97 Å². The lowest BCUT2D eigenvalue weighted by molar-refractivity contribution is 0.0684. The Bertz CT molecular complexity index is 1600. The number of anilines is 1. The van der Waals surface area contributed by atoms with Gasteiger partial charge in [0.25, 0.3) is 5.91 Å². The average molecular weight is 601 g/mol. The van der Waals surface area contributed by atoms with Crippen LogP contribution >= 0.6 is 11.8 Å². The molecule has 1 amide bonds. The van der Waals surface area contributed by atoms with Crippen molar-refractivity contribution in [1.29, 1.82) is 10.5 Å². The summed E-state index contributed by atoms with van der Waals surface area (Å²) in [5.41, 5.74) is 5.06. The Morgan fingerprint density at radius 2 is 1.70 bits per heavy atom. The van der Waals surface area contributed by atoms with Crippen LogP contribution in [0, 0.1) is 28.1 Å². The summed E-state index contributed by atoms with van der Waals surface area (Å²) in [6.45, 7) is 11.4. The van der Waals surface area contributed by atoms with Gasteiger partial charge < -0.3 is 20.4 Å². The highest BCUT2D eigenvalue weighted by atomic mass is 32.2. The van der Waals surface area contributed by atoms with E-state index in [1.54, 1.807) is 6.07 Å². The van der Waals surface area contributed by atoms with E-state index in [1.807, 2.05) is 23.9 Å². The number of nitrogens with zero attached hydrogens (tertiary/aromatic N) is 5. The lowest BCUT2D eigenvalue weighted by atomic mass is 9.76. The molecule has 0 saturated carbocycles. The number of allylic oxidation sites excluding steroid dienone is 2. The monoisotopic (exact) mass is 600 g/mol. The van der Waals surface area contributed by atoms with Crippen LogP contribution in [-0.2, 0) is 5.54 Å². The number of rotatable bonds is 6. The van der Waals surface area contributed by atoms with Gasteiger partial charge in [0.2, 0.25) is 5.82 Å². The molecule has 3 heterocycles. The molecule has 0 unspecified atom stereocenters. The predicted octanol–water partition coefficient (Wildman–Crippen LogP) is 5.39. The van der Waals surface area contributed by atoms with Gasteiger partial charge in [-0.05, 0) is 61.8 Å². The molecule has 2 aliphatic rings. The van der Waals surface area contributed by atoms with Crippen LogP contribution in [0.15, 0.2) is 36.7 Å². The van der Waals surface area contributed by atoms with Crippen LogP contribution in [0.4, 0.5) is 5.69 Å². The molecule has 0 radical (unpaired) electrons. The molecule has 5 rings (SSSR count). The van der Waals surface area contributed by atoms with Crippen molar-refractivity contribution in [2.45, 2.75) is 52.5 Å². The number of benzene rings is 1. The van der Waals surface area contributed by atoms with E-state index in [0.29, 0.717) is 5.41 Å². The second-order valence-corrected chi connectivity index (χ2v) is 13.0. The first-order valence-electron chi connectivity index (χ1n) is 14.0. The Morgan fingerprint density at radius 3 is 2.23 bits per heavy atom. The molecule has 1 fully saturated rings. The molecule has 0 bridgehead atoms. The van der Waals surface area contributed by atoms with Crippen LogP contribution < -0.4 is 5.32 Å². The van der Waals surface area contributed by atoms with Gasteiger partial charge in [0, 0.05) is 41.4 Å². The molecule has 1 aliphatic carbocycles. The number of aromatic nitrogens is 4. The van der Waals surface area contributed by atoms with E-state index in [0.717, 1.165) is 43.6 Å². The molecule has 2 aromatic heterocycles. The highest BCUT2D eigenvalue weighted by molar-refractivity contribution is 7.99. The van der Waals surface area contributed by atoms with Crippen molar-refractivity contribution in [3.8, 4) is 12.1 Å². The van der Waals surface area contributed by atoms with Crippen LogP contribution in [0.25, 0.3) is 5.57 Å². The third kappa shape index (κ3) is 7.72. The summed E-state index contributed by atoms with van der Waals surface area (Å²) in [6.07, 6.45) is 8.01. The lowest BCUT2D eigenvalue weighted by Gasteiger charge is -2.41. The van der Waals surface area contributed by atoms with Gasteiger partial charge >= 0.3 is 5.97 Å². The number of hydrogen-bond acceptors (Lipinski definition) is 8. The lowest BCUT2D eigenvalue weighted by Crippen LogP contribution is -2.46. The van der Waals surface area contributed by atoms with Crippen molar-refractivity contribution in [3.05, 3.63) is 70.8 Å². The zero-order valence-corrected chi connectivity index (χ0v) is 25.6. The fourth-order valence-corrected chi connectivity index (χ4v) is 5.99. The fourth-order valence-electron chi connectivity index (χ4n) is 5.09. The first kappa shape index (κ1) is 31.5. The van der Waals surface area contributed by atoms with Crippen molar-refractivity contribution in [2.24, 2.45) is 5.41 Å². The molecular formula is C31H36N8O3S. The number of imidazole rings is 2. The number of amides is 1. The third-order valence-electron chi connectivity index (χ3n) is 7.90. The van der Waals surface area contributed by atoms with Crippen LogP contribution in [0.1, 0.15) is 90.7 Å². The third-order valence-corrected chi connectivity index (χ3v) is 8.85. The first-order valence-corrected chi connectivity index (χ1v) is 15.2. The van der Waals surface area contributed by atoms with Crippen LogP contribution in [0.3, 0.4) is 0 Å². The van der Waals surface area contributed by atoms with Gasteiger partial charge in [0.1, 0.15) is 23.5 Å². The number of carbonyl (C=O) groups is 2. The number of carboxylic acids is 1. The molecule has 12 heteroatoms. The number of nitrogens with one attached hydrogen (secondary N) is 3. The molecule has 1 aromatic carbocycles. The maximum absolute atomic E-state index is 12.9. The topological polar surface area (TPSA) is 175 Å². The van der Waals surface area contributed by atoms with E-state index in [9.17, 15) is 9.59 Å². The van der Waals surface area contributed by atoms with Crippen LogP contribution in [0.2, 0.25) is 0 Å². The van der Waals surface area contributed by atoms with Crippen LogP contribution in [0.5, 0.6) is 0 Å². The quantitative estimate of drug-likeness (QED) is 0.289. The Morgan fingerprint density at radius 1 is 1.07 bits per heavy atom. The molecule has 43 heavy (non-hydrogen) atoms.